The first-order valence-electron chi connectivity index (χ1n) is 10.3. The van der Waals surface area contributed by atoms with Gasteiger partial charge in [-0.1, -0.05) is 31.1 Å². The number of benzene rings is 1. The van der Waals surface area contributed by atoms with Crippen molar-refractivity contribution >= 4 is 5.96 Å². The van der Waals surface area contributed by atoms with Gasteiger partial charge in [-0.15, -0.1) is 13.2 Å². The Hall–Kier alpha value is -2.75. The number of nitrogens with one attached hydrogen (secondary N) is 2. The van der Waals surface area contributed by atoms with Crippen LogP contribution in [0.4, 0.5) is 13.2 Å². The number of rotatable bonds is 10. The van der Waals surface area contributed by atoms with Gasteiger partial charge in [0.1, 0.15) is 12.3 Å². The fraction of sp³-hybridized carbons (Fsp3) is 0.524. The van der Waals surface area contributed by atoms with Crippen molar-refractivity contribution in [3.63, 3.8) is 0 Å². The minimum atomic E-state index is -4.75. The minimum Gasteiger partial charge on any atom is -0.406 e. The Morgan fingerprint density at radius 3 is 2.42 bits per heavy atom. The summed E-state index contributed by atoms with van der Waals surface area (Å²) in [5.74, 6) is 1.13. The van der Waals surface area contributed by atoms with Gasteiger partial charge in [-0.3, -0.25) is 0 Å². The number of nitrogens with zero attached hydrogens (tertiary/aromatic N) is 2. The van der Waals surface area contributed by atoms with E-state index in [0.717, 1.165) is 30.7 Å². The van der Waals surface area contributed by atoms with Gasteiger partial charge in [-0.2, -0.15) is 0 Å². The van der Waals surface area contributed by atoms with E-state index in [9.17, 15) is 18.3 Å². The number of alkyl halides is 3. The third-order valence-corrected chi connectivity index (χ3v) is 4.68. The summed E-state index contributed by atoms with van der Waals surface area (Å²) in [6.45, 7) is 7.13. The number of halogens is 3. The zero-order valence-electron chi connectivity index (χ0n) is 17.9. The average Bonchev–Trinajstić information content (AvgIpc) is 3.19. The number of ether oxygens (including phenoxy) is 1. The number of guanidine groups is 1. The fourth-order valence-electron chi connectivity index (χ4n) is 3.00. The summed E-state index contributed by atoms with van der Waals surface area (Å²) in [6.07, 6.45) is -3.73. The lowest BCUT2D eigenvalue weighted by atomic mass is 9.99. The van der Waals surface area contributed by atoms with Crippen LogP contribution in [-0.2, 0) is 6.54 Å². The second kappa shape index (κ2) is 11.6. The average molecular weight is 442 g/mol. The first kappa shape index (κ1) is 24.5. The van der Waals surface area contributed by atoms with Crippen LogP contribution in [0.15, 0.2) is 39.8 Å². The maximum absolute atomic E-state index is 12.2. The van der Waals surface area contributed by atoms with E-state index in [4.69, 9.17) is 4.52 Å². The quantitative estimate of drug-likeness (QED) is 0.376. The summed E-state index contributed by atoms with van der Waals surface area (Å²) in [5.41, 5.74) is 1.37. The second-order valence-electron chi connectivity index (χ2n) is 6.94. The molecular weight excluding hydrogens is 413 g/mol. The van der Waals surface area contributed by atoms with E-state index in [0.29, 0.717) is 29.7 Å². The van der Waals surface area contributed by atoms with Crippen LogP contribution in [0.3, 0.4) is 0 Å². The molecule has 10 heteroatoms. The van der Waals surface area contributed by atoms with Crippen molar-refractivity contribution in [2.45, 2.75) is 58.5 Å². The van der Waals surface area contributed by atoms with Crippen molar-refractivity contribution in [1.82, 2.24) is 15.8 Å². The van der Waals surface area contributed by atoms with Crippen LogP contribution in [-0.4, -0.2) is 35.7 Å². The molecule has 1 heterocycles. The van der Waals surface area contributed by atoms with Crippen molar-refractivity contribution < 1.29 is 27.5 Å². The van der Waals surface area contributed by atoms with Crippen LogP contribution in [0, 0.1) is 0 Å². The van der Waals surface area contributed by atoms with E-state index in [1.165, 1.54) is 12.1 Å². The number of hydrogen-bond acceptors (Lipinski definition) is 5. The van der Waals surface area contributed by atoms with Crippen molar-refractivity contribution in [1.29, 1.82) is 0 Å². The maximum Gasteiger partial charge on any atom is 0.573 e. The first-order valence-corrected chi connectivity index (χ1v) is 10.3. The van der Waals surface area contributed by atoms with Gasteiger partial charge in [-0.25, -0.2) is 4.99 Å². The molecular formula is C21H29F3N4O3. The topological polar surface area (TPSA) is 91.9 Å². The van der Waals surface area contributed by atoms with Crippen molar-refractivity contribution in [2.24, 2.45) is 4.99 Å². The van der Waals surface area contributed by atoms with Crippen LogP contribution >= 0.6 is 0 Å². The molecule has 0 aliphatic heterocycles. The number of aliphatic hydroxyl groups excluding tert-OH is 1. The molecule has 2 rings (SSSR count). The van der Waals surface area contributed by atoms with E-state index >= 15 is 0 Å². The van der Waals surface area contributed by atoms with E-state index in [1.807, 2.05) is 13.0 Å². The van der Waals surface area contributed by atoms with Gasteiger partial charge >= 0.3 is 6.36 Å². The van der Waals surface area contributed by atoms with Crippen LogP contribution < -0.4 is 15.4 Å². The Labute approximate surface area is 179 Å². The molecule has 0 saturated heterocycles. The summed E-state index contributed by atoms with van der Waals surface area (Å²) in [4.78, 5) is 4.43. The monoisotopic (exact) mass is 442 g/mol. The van der Waals surface area contributed by atoms with Gasteiger partial charge in [0, 0.05) is 25.1 Å². The molecule has 3 N–H and O–H groups in total. The van der Waals surface area contributed by atoms with E-state index < -0.39 is 12.5 Å². The molecule has 1 aromatic carbocycles. The normalized spacial score (nSPS) is 13.4. The smallest absolute Gasteiger partial charge is 0.406 e. The van der Waals surface area contributed by atoms with Crippen LogP contribution in [0.5, 0.6) is 5.75 Å². The Morgan fingerprint density at radius 2 is 1.84 bits per heavy atom. The lowest BCUT2D eigenvalue weighted by Gasteiger charge is -2.16. The minimum absolute atomic E-state index is 0.112. The molecule has 0 bridgehead atoms. The molecule has 31 heavy (non-hydrogen) atoms. The molecule has 0 saturated carbocycles. The molecule has 0 fully saturated rings. The highest BCUT2D eigenvalue weighted by Crippen LogP contribution is 2.24. The zero-order valence-corrected chi connectivity index (χ0v) is 17.9. The Bertz CT molecular complexity index is 818. The molecule has 0 amide bonds. The number of hydrogen-bond donors (Lipinski definition) is 3. The lowest BCUT2D eigenvalue weighted by Crippen LogP contribution is -2.39. The molecule has 0 radical (unpaired) electrons. The number of aliphatic imine (C=N–C) groups is 1. The van der Waals surface area contributed by atoms with Gasteiger partial charge in [-0.05, 0) is 37.5 Å². The first-order chi connectivity index (χ1) is 14.8. The van der Waals surface area contributed by atoms with Crippen LogP contribution in [0.25, 0.3) is 0 Å². The zero-order chi connectivity index (χ0) is 22.9. The highest BCUT2D eigenvalue weighted by molar-refractivity contribution is 5.79. The third kappa shape index (κ3) is 8.12. The third-order valence-electron chi connectivity index (χ3n) is 4.68. The largest absolute Gasteiger partial charge is 0.573 e. The van der Waals surface area contributed by atoms with Gasteiger partial charge in [0.2, 0.25) is 0 Å². The van der Waals surface area contributed by atoms with E-state index in [1.54, 1.807) is 0 Å². The molecule has 1 unspecified atom stereocenters. The molecule has 0 spiro atoms. The number of aromatic nitrogens is 1. The SMILES string of the molecule is CCNC(=NCc1cc(C(CC)CC)no1)NCC(O)c1ccc(OC(F)(F)F)cc1. The second-order valence-corrected chi connectivity index (χ2v) is 6.94. The predicted molar refractivity (Wildman–Crippen MR) is 111 cm³/mol. The molecule has 1 aromatic heterocycles. The summed E-state index contributed by atoms with van der Waals surface area (Å²) in [6, 6.07) is 6.99. The molecule has 172 valence electrons. The summed E-state index contributed by atoms with van der Waals surface area (Å²) in [7, 11) is 0. The van der Waals surface area contributed by atoms with Crippen LogP contribution in [0.1, 0.15) is 62.7 Å². The fourth-order valence-corrected chi connectivity index (χ4v) is 3.00. The highest BCUT2D eigenvalue weighted by Gasteiger charge is 2.31. The standard InChI is InChI=1S/C21H29F3N4O3/c1-4-14(5-2)18-11-17(31-28-18)12-26-20(25-6-3)27-13-19(29)15-7-9-16(10-8-15)30-21(22,23)24/h7-11,14,19,29H,4-6,12-13H2,1-3H3,(H2,25,26,27). The van der Waals surface area contributed by atoms with E-state index in [-0.39, 0.29) is 18.8 Å². The van der Waals surface area contributed by atoms with Crippen molar-refractivity contribution in [2.75, 3.05) is 13.1 Å². The Balaban J connectivity index is 1.93. The molecule has 2 aromatic rings. The Morgan fingerprint density at radius 1 is 1.16 bits per heavy atom. The van der Waals surface area contributed by atoms with E-state index in [2.05, 4.69) is 39.4 Å². The molecule has 1 atom stereocenters. The lowest BCUT2D eigenvalue weighted by molar-refractivity contribution is -0.274. The van der Waals surface area contributed by atoms with Crippen molar-refractivity contribution in [3.8, 4) is 5.75 Å². The van der Waals surface area contributed by atoms with Gasteiger partial charge in [0.15, 0.2) is 11.7 Å². The van der Waals surface area contributed by atoms with Crippen LogP contribution in [0.2, 0.25) is 0 Å². The number of aliphatic hydroxyl groups is 1. The summed E-state index contributed by atoms with van der Waals surface area (Å²) < 4.78 is 45.9. The summed E-state index contributed by atoms with van der Waals surface area (Å²) in [5, 5.41) is 20.5. The maximum atomic E-state index is 12.2. The Kier molecular flexibility index (Phi) is 9.17. The van der Waals surface area contributed by atoms with Gasteiger partial charge in [0.05, 0.1) is 11.8 Å². The van der Waals surface area contributed by atoms with Crippen molar-refractivity contribution in [3.05, 3.63) is 47.3 Å². The van der Waals surface area contributed by atoms with Gasteiger partial charge in [0.25, 0.3) is 0 Å². The summed E-state index contributed by atoms with van der Waals surface area (Å²) >= 11 is 0. The molecule has 0 aliphatic carbocycles. The highest BCUT2D eigenvalue weighted by atomic mass is 19.4. The predicted octanol–water partition coefficient (Wildman–Crippen LogP) is 4.27. The molecule has 7 nitrogen and oxygen atoms in total. The van der Waals surface area contributed by atoms with Gasteiger partial charge < -0.3 is 25.0 Å². The molecule has 0 aliphatic rings.